The van der Waals surface area contributed by atoms with E-state index in [1.165, 1.54) is 24.3 Å². The predicted molar refractivity (Wildman–Crippen MR) is 106 cm³/mol. The molecule has 2 aromatic carbocycles. The minimum absolute atomic E-state index is 0.346. The van der Waals surface area contributed by atoms with Gasteiger partial charge in [0.2, 0.25) is 0 Å². The Morgan fingerprint density at radius 2 is 1.71 bits per heavy atom. The lowest BCUT2D eigenvalue weighted by molar-refractivity contribution is 0.102. The lowest BCUT2D eigenvalue weighted by Gasteiger charge is -2.10. The van der Waals surface area contributed by atoms with E-state index in [0.29, 0.717) is 24.5 Å². The molecule has 0 saturated carbocycles. The molecule has 7 heteroatoms. The molecule has 0 saturated heterocycles. The van der Waals surface area contributed by atoms with E-state index in [9.17, 15) is 9.18 Å². The Bertz CT molecular complexity index is 898. The van der Waals surface area contributed by atoms with Crippen LogP contribution in [0.15, 0.2) is 66.9 Å². The number of rotatable bonds is 8. The first kappa shape index (κ1) is 19.2. The quantitative estimate of drug-likeness (QED) is 0.578. The third-order valence-electron chi connectivity index (χ3n) is 3.87. The zero-order valence-electron chi connectivity index (χ0n) is 15.3. The molecule has 1 aromatic heterocycles. The molecule has 6 nitrogen and oxygen atoms in total. The van der Waals surface area contributed by atoms with Crippen LogP contribution in [0.5, 0.6) is 11.5 Å². The summed E-state index contributed by atoms with van der Waals surface area (Å²) in [5.41, 5.74) is 1.17. The molecule has 1 heterocycles. The summed E-state index contributed by atoms with van der Waals surface area (Å²) in [6, 6.07) is 16.2. The SMILES string of the molecule is COc1ccc(OCCNc2ccc(NC(=O)c3ccc(F)cc3)nc2)cc1. The Hall–Kier alpha value is -3.61. The van der Waals surface area contributed by atoms with Gasteiger partial charge in [-0.25, -0.2) is 9.37 Å². The number of benzene rings is 2. The molecule has 3 aromatic rings. The summed E-state index contributed by atoms with van der Waals surface area (Å²) in [4.78, 5) is 16.3. The third kappa shape index (κ3) is 5.44. The van der Waals surface area contributed by atoms with Crippen molar-refractivity contribution in [2.75, 3.05) is 30.9 Å². The second-order valence-corrected chi connectivity index (χ2v) is 5.84. The molecule has 0 aliphatic rings. The highest BCUT2D eigenvalue weighted by Crippen LogP contribution is 2.17. The average molecular weight is 381 g/mol. The minimum Gasteiger partial charge on any atom is -0.497 e. The van der Waals surface area contributed by atoms with Crippen LogP contribution in [0.25, 0.3) is 0 Å². The molecule has 0 aliphatic heterocycles. The summed E-state index contributed by atoms with van der Waals surface area (Å²) in [5.74, 6) is 1.22. The maximum Gasteiger partial charge on any atom is 0.256 e. The van der Waals surface area contributed by atoms with E-state index in [4.69, 9.17) is 9.47 Å². The fourth-order valence-electron chi connectivity index (χ4n) is 2.40. The smallest absolute Gasteiger partial charge is 0.256 e. The van der Waals surface area contributed by atoms with Gasteiger partial charge >= 0.3 is 0 Å². The number of carbonyl (C=O) groups excluding carboxylic acids is 1. The predicted octanol–water partition coefficient (Wildman–Crippen LogP) is 3.97. The number of carbonyl (C=O) groups is 1. The number of hydrogen-bond acceptors (Lipinski definition) is 5. The summed E-state index contributed by atoms with van der Waals surface area (Å²) < 4.78 is 23.6. The summed E-state index contributed by atoms with van der Waals surface area (Å²) in [5, 5.41) is 5.86. The largest absolute Gasteiger partial charge is 0.497 e. The van der Waals surface area contributed by atoms with Crippen LogP contribution < -0.4 is 20.1 Å². The molecule has 144 valence electrons. The highest BCUT2D eigenvalue weighted by Gasteiger charge is 2.07. The van der Waals surface area contributed by atoms with Crippen LogP contribution in [0.4, 0.5) is 15.9 Å². The molecule has 0 spiro atoms. The van der Waals surface area contributed by atoms with E-state index in [-0.39, 0.29) is 11.7 Å². The van der Waals surface area contributed by atoms with Crippen LogP contribution in [0.1, 0.15) is 10.4 Å². The fraction of sp³-hybridized carbons (Fsp3) is 0.143. The summed E-state index contributed by atoms with van der Waals surface area (Å²) in [6.45, 7) is 1.07. The molecule has 0 radical (unpaired) electrons. The molecular formula is C21H20FN3O3. The first-order valence-electron chi connectivity index (χ1n) is 8.68. The zero-order chi connectivity index (χ0) is 19.8. The monoisotopic (exact) mass is 381 g/mol. The number of ether oxygens (including phenoxy) is 2. The molecule has 2 N–H and O–H groups in total. The summed E-state index contributed by atoms with van der Waals surface area (Å²) >= 11 is 0. The van der Waals surface area contributed by atoms with Crippen molar-refractivity contribution in [2.45, 2.75) is 0 Å². The first-order chi connectivity index (χ1) is 13.6. The maximum absolute atomic E-state index is 12.9. The highest BCUT2D eigenvalue weighted by atomic mass is 19.1. The minimum atomic E-state index is -0.388. The average Bonchev–Trinajstić information content (AvgIpc) is 2.73. The van der Waals surface area contributed by atoms with E-state index >= 15 is 0 Å². The molecule has 28 heavy (non-hydrogen) atoms. The number of hydrogen-bond donors (Lipinski definition) is 2. The van der Waals surface area contributed by atoms with Crippen molar-refractivity contribution in [1.82, 2.24) is 4.98 Å². The lowest BCUT2D eigenvalue weighted by Crippen LogP contribution is -2.14. The van der Waals surface area contributed by atoms with Gasteiger partial charge in [0.05, 0.1) is 19.0 Å². The van der Waals surface area contributed by atoms with Crippen molar-refractivity contribution < 1.29 is 18.7 Å². The van der Waals surface area contributed by atoms with Gasteiger partial charge in [0.15, 0.2) is 0 Å². The van der Waals surface area contributed by atoms with Gasteiger partial charge in [0.1, 0.15) is 29.7 Å². The summed E-state index contributed by atoms with van der Waals surface area (Å²) in [7, 11) is 1.62. The van der Waals surface area contributed by atoms with E-state index in [1.807, 2.05) is 24.3 Å². The normalized spacial score (nSPS) is 10.2. The van der Waals surface area contributed by atoms with Crippen LogP contribution >= 0.6 is 0 Å². The molecule has 0 aliphatic carbocycles. The van der Waals surface area contributed by atoms with Gasteiger partial charge < -0.3 is 20.1 Å². The van der Waals surface area contributed by atoms with E-state index < -0.39 is 0 Å². The number of pyridine rings is 1. The van der Waals surface area contributed by atoms with Crippen molar-refractivity contribution in [2.24, 2.45) is 0 Å². The second kappa shape index (κ2) is 9.36. The van der Waals surface area contributed by atoms with Crippen molar-refractivity contribution in [1.29, 1.82) is 0 Å². The van der Waals surface area contributed by atoms with E-state index in [1.54, 1.807) is 25.4 Å². The molecule has 1 amide bonds. The Morgan fingerprint density at radius 3 is 2.36 bits per heavy atom. The van der Waals surface area contributed by atoms with Crippen molar-refractivity contribution in [3.8, 4) is 11.5 Å². The first-order valence-corrected chi connectivity index (χ1v) is 8.68. The Morgan fingerprint density at radius 1 is 1.00 bits per heavy atom. The van der Waals surface area contributed by atoms with Crippen molar-refractivity contribution >= 4 is 17.4 Å². The van der Waals surface area contributed by atoms with Gasteiger partial charge in [-0.15, -0.1) is 0 Å². The van der Waals surface area contributed by atoms with Gasteiger partial charge in [0.25, 0.3) is 5.91 Å². The third-order valence-corrected chi connectivity index (χ3v) is 3.87. The van der Waals surface area contributed by atoms with Crippen LogP contribution in [-0.4, -0.2) is 31.2 Å². The Balaban J connectivity index is 1.43. The molecule has 0 atom stereocenters. The molecule has 3 rings (SSSR count). The maximum atomic E-state index is 12.9. The van der Waals surface area contributed by atoms with Crippen LogP contribution in [-0.2, 0) is 0 Å². The molecule has 0 fully saturated rings. The molecule has 0 unspecified atom stereocenters. The summed E-state index contributed by atoms with van der Waals surface area (Å²) in [6.07, 6.45) is 1.62. The Kier molecular flexibility index (Phi) is 6.41. The number of methoxy groups -OCH3 is 1. The van der Waals surface area contributed by atoms with Gasteiger partial charge in [0, 0.05) is 12.1 Å². The number of halogens is 1. The second-order valence-electron chi connectivity index (χ2n) is 5.84. The van der Waals surface area contributed by atoms with E-state index in [2.05, 4.69) is 15.6 Å². The van der Waals surface area contributed by atoms with Gasteiger partial charge in [-0.1, -0.05) is 0 Å². The van der Waals surface area contributed by atoms with Crippen LogP contribution in [0.2, 0.25) is 0 Å². The number of aromatic nitrogens is 1. The van der Waals surface area contributed by atoms with Crippen LogP contribution in [0.3, 0.4) is 0 Å². The van der Waals surface area contributed by atoms with Crippen LogP contribution in [0, 0.1) is 5.82 Å². The van der Waals surface area contributed by atoms with E-state index in [0.717, 1.165) is 17.2 Å². The molecule has 0 bridgehead atoms. The standard InChI is InChI=1S/C21H20FN3O3/c1-27-18-7-9-19(10-8-18)28-13-12-23-17-6-11-20(24-14-17)25-21(26)15-2-4-16(22)5-3-15/h2-11,14,23H,12-13H2,1H3,(H,24,25,26). The Labute approximate surface area is 162 Å². The zero-order valence-corrected chi connectivity index (χ0v) is 15.3. The number of nitrogens with one attached hydrogen (secondary N) is 2. The van der Waals surface area contributed by atoms with Crippen molar-refractivity contribution in [3.05, 3.63) is 78.2 Å². The highest BCUT2D eigenvalue weighted by molar-refractivity contribution is 6.03. The molecular weight excluding hydrogens is 361 g/mol. The fourth-order valence-corrected chi connectivity index (χ4v) is 2.40. The number of anilines is 2. The number of nitrogens with zero attached hydrogens (tertiary/aromatic N) is 1. The van der Waals surface area contributed by atoms with Crippen molar-refractivity contribution in [3.63, 3.8) is 0 Å². The topological polar surface area (TPSA) is 72.5 Å². The number of amides is 1. The van der Waals surface area contributed by atoms with Gasteiger partial charge in [-0.2, -0.15) is 0 Å². The van der Waals surface area contributed by atoms with Gasteiger partial charge in [-0.3, -0.25) is 4.79 Å². The lowest BCUT2D eigenvalue weighted by atomic mass is 10.2. The van der Waals surface area contributed by atoms with Gasteiger partial charge in [-0.05, 0) is 60.7 Å².